The van der Waals surface area contributed by atoms with Gasteiger partial charge in [-0.15, -0.1) is 10.2 Å². The third-order valence-electron chi connectivity index (χ3n) is 4.76. The van der Waals surface area contributed by atoms with E-state index in [2.05, 4.69) is 10.2 Å². The number of carbonyl (C=O) groups is 1. The topological polar surface area (TPSA) is 73.8 Å². The Balaban J connectivity index is 2.04. The highest BCUT2D eigenvalue weighted by molar-refractivity contribution is 6.35. The molecule has 0 N–H and O–H groups in total. The van der Waals surface area contributed by atoms with Crippen LogP contribution in [0.25, 0.3) is 28.5 Å². The predicted octanol–water partition coefficient (Wildman–Crippen LogP) is 7.05. The summed E-state index contributed by atoms with van der Waals surface area (Å²) in [4.78, 5) is 12.9. The number of benzene rings is 2. The standard InChI is InChI=1S/C23H19Cl3N4O2/c1-12(31)18-19(21-27-28-22(32-21)23(2,3)4)29-30(17-10-9-15(25)11-16(17)26)20(18)13-5-7-14(24)8-6-13/h5-11H,1-4H3. The van der Waals surface area contributed by atoms with Crippen molar-refractivity contribution in [1.82, 2.24) is 20.0 Å². The predicted molar refractivity (Wildman–Crippen MR) is 126 cm³/mol. The van der Waals surface area contributed by atoms with Crippen LogP contribution >= 0.6 is 34.8 Å². The third-order valence-corrected chi connectivity index (χ3v) is 5.55. The maximum absolute atomic E-state index is 12.9. The molecule has 4 aromatic rings. The molecule has 0 aliphatic rings. The van der Waals surface area contributed by atoms with Crippen LogP contribution in [-0.2, 0) is 5.41 Å². The van der Waals surface area contributed by atoms with E-state index in [1.54, 1.807) is 35.0 Å². The number of hydrogen-bond donors (Lipinski definition) is 0. The third kappa shape index (κ3) is 4.18. The Morgan fingerprint density at radius 3 is 2.19 bits per heavy atom. The van der Waals surface area contributed by atoms with Crippen LogP contribution in [0.2, 0.25) is 15.1 Å². The van der Waals surface area contributed by atoms with E-state index in [9.17, 15) is 4.79 Å². The largest absolute Gasteiger partial charge is 0.419 e. The molecule has 32 heavy (non-hydrogen) atoms. The van der Waals surface area contributed by atoms with Gasteiger partial charge in [-0.3, -0.25) is 4.79 Å². The van der Waals surface area contributed by atoms with Gasteiger partial charge in [-0.1, -0.05) is 67.7 Å². The molecule has 0 unspecified atom stereocenters. The average Bonchev–Trinajstić information content (AvgIpc) is 3.33. The number of ketones is 1. The van der Waals surface area contributed by atoms with Crippen LogP contribution < -0.4 is 0 Å². The van der Waals surface area contributed by atoms with Crippen molar-refractivity contribution in [1.29, 1.82) is 0 Å². The first-order chi connectivity index (χ1) is 15.1. The lowest BCUT2D eigenvalue weighted by Gasteiger charge is -2.11. The number of carbonyl (C=O) groups excluding carboxylic acids is 1. The Morgan fingerprint density at radius 1 is 0.969 bits per heavy atom. The smallest absolute Gasteiger partial charge is 0.269 e. The summed E-state index contributed by atoms with van der Waals surface area (Å²) in [6.45, 7) is 7.35. The Labute approximate surface area is 200 Å². The van der Waals surface area contributed by atoms with E-state index in [-0.39, 0.29) is 22.8 Å². The van der Waals surface area contributed by atoms with E-state index < -0.39 is 0 Å². The molecule has 0 radical (unpaired) electrons. The van der Waals surface area contributed by atoms with E-state index in [1.165, 1.54) is 6.92 Å². The summed E-state index contributed by atoms with van der Waals surface area (Å²) in [5.41, 5.74) is 2.05. The van der Waals surface area contributed by atoms with Crippen LogP contribution in [0.5, 0.6) is 0 Å². The first-order valence-electron chi connectivity index (χ1n) is 9.76. The molecule has 0 saturated heterocycles. The molecule has 0 fully saturated rings. The SMILES string of the molecule is CC(=O)c1c(-c2nnc(C(C)(C)C)o2)nn(-c2ccc(Cl)cc2Cl)c1-c1ccc(Cl)cc1. The molecule has 2 aromatic carbocycles. The minimum atomic E-state index is -0.358. The molecular formula is C23H19Cl3N4O2. The molecule has 2 heterocycles. The van der Waals surface area contributed by atoms with Gasteiger partial charge in [0.2, 0.25) is 5.89 Å². The molecule has 0 aliphatic carbocycles. The normalized spacial score (nSPS) is 11.7. The zero-order valence-electron chi connectivity index (χ0n) is 17.8. The summed E-state index contributed by atoms with van der Waals surface area (Å²) in [5, 5.41) is 14.4. The molecule has 0 amide bonds. The van der Waals surface area contributed by atoms with Crippen LogP contribution in [0, 0.1) is 0 Å². The van der Waals surface area contributed by atoms with Crippen molar-refractivity contribution in [3.63, 3.8) is 0 Å². The Kier molecular flexibility index (Phi) is 5.88. The van der Waals surface area contributed by atoms with E-state index >= 15 is 0 Å². The van der Waals surface area contributed by atoms with Crippen LogP contribution in [0.1, 0.15) is 43.9 Å². The highest BCUT2D eigenvalue weighted by Gasteiger charge is 2.30. The van der Waals surface area contributed by atoms with Gasteiger partial charge in [0, 0.05) is 21.0 Å². The van der Waals surface area contributed by atoms with Gasteiger partial charge in [-0.2, -0.15) is 5.10 Å². The fourth-order valence-corrected chi connectivity index (χ4v) is 3.84. The van der Waals surface area contributed by atoms with Crippen molar-refractivity contribution in [2.75, 3.05) is 0 Å². The van der Waals surface area contributed by atoms with Gasteiger partial charge in [0.1, 0.15) is 0 Å². The van der Waals surface area contributed by atoms with E-state index in [1.807, 2.05) is 32.9 Å². The van der Waals surface area contributed by atoms with Crippen LogP contribution in [0.15, 0.2) is 46.9 Å². The minimum absolute atomic E-state index is 0.152. The maximum Gasteiger partial charge on any atom is 0.269 e. The van der Waals surface area contributed by atoms with Gasteiger partial charge in [0.25, 0.3) is 5.89 Å². The van der Waals surface area contributed by atoms with Crippen molar-refractivity contribution >= 4 is 40.6 Å². The first kappa shape index (κ1) is 22.5. The number of hydrogen-bond acceptors (Lipinski definition) is 5. The first-order valence-corrected chi connectivity index (χ1v) is 10.9. The fraction of sp³-hybridized carbons (Fsp3) is 0.217. The average molecular weight is 490 g/mol. The molecule has 0 spiro atoms. The van der Waals surface area contributed by atoms with Crippen LogP contribution in [-0.4, -0.2) is 25.8 Å². The molecule has 0 saturated carbocycles. The van der Waals surface area contributed by atoms with Gasteiger partial charge in [-0.25, -0.2) is 4.68 Å². The van der Waals surface area contributed by atoms with Crippen LogP contribution in [0.4, 0.5) is 0 Å². The van der Waals surface area contributed by atoms with Crippen molar-refractivity contribution in [2.24, 2.45) is 0 Å². The fourth-order valence-electron chi connectivity index (χ4n) is 3.22. The summed E-state index contributed by atoms with van der Waals surface area (Å²) in [7, 11) is 0. The number of aromatic nitrogens is 4. The van der Waals surface area contributed by atoms with Crippen molar-refractivity contribution in [2.45, 2.75) is 33.1 Å². The van der Waals surface area contributed by atoms with E-state index in [0.29, 0.717) is 37.9 Å². The molecular weight excluding hydrogens is 471 g/mol. The maximum atomic E-state index is 12.9. The molecule has 0 aliphatic heterocycles. The zero-order chi connectivity index (χ0) is 23.2. The number of Topliss-reactive ketones (excluding diaryl/α,β-unsaturated/α-hetero) is 1. The van der Waals surface area contributed by atoms with Gasteiger partial charge in [0.05, 0.1) is 22.0 Å². The minimum Gasteiger partial charge on any atom is -0.419 e. The van der Waals surface area contributed by atoms with E-state index in [0.717, 1.165) is 5.56 Å². The quantitative estimate of drug-likeness (QED) is 0.287. The molecule has 164 valence electrons. The molecule has 6 nitrogen and oxygen atoms in total. The Hall–Kier alpha value is -2.67. The van der Waals surface area contributed by atoms with Crippen molar-refractivity contribution < 1.29 is 9.21 Å². The number of nitrogens with zero attached hydrogens (tertiary/aromatic N) is 4. The van der Waals surface area contributed by atoms with Gasteiger partial charge in [-0.05, 0) is 37.3 Å². The summed E-state index contributed by atoms with van der Waals surface area (Å²) in [6.07, 6.45) is 0. The highest BCUT2D eigenvalue weighted by Crippen LogP contribution is 2.37. The molecule has 0 atom stereocenters. The number of halogens is 3. The zero-order valence-corrected chi connectivity index (χ0v) is 20.0. The van der Waals surface area contributed by atoms with Gasteiger partial charge in [0.15, 0.2) is 11.5 Å². The summed E-state index contributed by atoms with van der Waals surface area (Å²) >= 11 is 18.7. The summed E-state index contributed by atoms with van der Waals surface area (Å²) in [5.74, 6) is 0.380. The lowest BCUT2D eigenvalue weighted by Crippen LogP contribution is -2.11. The summed E-state index contributed by atoms with van der Waals surface area (Å²) in [6, 6.07) is 12.2. The molecule has 2 aromatic heterocycles. The summed E-state index contributed by atoms with van der Waals surface area (Å²) < 4.78 is 7.50. The van der Waals surface area contributed by atoms with Gasteiger partial charge < -0.3 is 4.42 Å². The molecule has 9 heteroatoms. The lowest BCUT2D eigenvalue weighted by atomic mass is 9.97. The number of rotatable bonds is 4. The van der Waals surface area contributed by atoms with Crippen molar-refractivity contribution in [3.05, 3.63) is 69.0 Å². The van der Waals surface area contributed by atoms with Gasteiger partial charge >= 0.3 is 0 Å². The highest BCUT2D eigenvalue weighted by atomic mass is 35.5. The van der Waals surface area contributed by atoms with Crippen molar-refractivity contribution in [3.8, 4) is 28.5 Å². The monoisotopic (exact) mass is 488 g/mol. The van der Waals surface area contributed by atoms with E-state index in [4.69, 9.17) is 44.3 Å². The molecule has 0 bridgehead atoms. The Bertz CT molecular complexity index is 1320. The second-order valence-electron chi connectivity index (χ2n) is 8.31. The van der Waals surface area contributed by atoms with Crippen LogP contribution in [0.3, 0.4) is 0 Å². The lowest BCUT2D eigenvalue weighted by molar-refractivity contribution is 0.101. The Morgan fingerprint density at radius 2 is 1.62 bits per heavy atom. The molecule has 4 rings (SSSR count). The second-order valence-corrected chi connectivity index (χ2v) is 9.59. The second kappa shape index (κ2) is 8.35.